The highest BCUT2D eigenvalue weighted by Gasteiger charge is 2.43. The number of rotatable bonds is 2. The Morgan fingerprint density at radius 2 is 1.10 bits per heavy atom. The predicted molar refractivity (Wildman–Crippen MR) is 72.9 cm³/mol. The first-order valence-electron chi connectivity index (χ1n) is 6.00. The lowest BCUT2D eigenvalue weighted by atomic mass is 9.94. The van der Waals surface area contributed by atoms with Gasteiger partial charge in [-0.25, -0.2) is 0 Å². The molecule has 2 atom stereocenters. The lowest BCUT2D eigenvalue weighted by molar-refractivity contribution is 0.0235. The van der Waals surface area contributed by atoms with Crippen molar-refractivity contribution in [3.05, 3.63) is 47.3 Å². The van der Waals surface area contributed by atoms with Crippen molar-refractivity contribution in [1.82, 2.24) is 0 Å². The summed E-state index contributed by atoms with van der Waals surface area (Å²) in [7, 11) is 0. The molecule has 9 nitrogen and oxygen atoms in total. The van der Waals surface area contributed by atoms with E-state index in [1.54, 1.807) is 0 Å². The lowest BCUT2D eigenvalue weighted by Crippen LogP contribution is -2.63. The third kappa shape index (κ3) is 2.42. The molecule has 0 radical (unpaired) electrons. The van der Waals surface area contributed by atoms with Gasteiger partial charge in [-0.2, -0.15) is 0 Å². The fourth-order valence-electron chi connectivity index (χ4n) is 1.86. The maximum absolute atomic E-state index is 9.99. The van der Waals surface area contributed by atoms with Crippen molar-refractivity contribution in [3.63, 3.8) is 0 Å². The highest BCUT2D eigenvalue weighted by Crippen LogP contribution is 2.29. The Morgan fingerprint density at radius 1 is 0.762 bits per heavy atom. The molecule has 0 saturated heterocycles. The van der Waals surface area contributed by atoms with Crippen molar-refractivity contribution in [1.29, 1.82) is 0 Å². The molecule has 2 rings (SSSR count). The Hall–Kier alpha value is -1.88. The number of hydrogen-bond acceptors (Lipinski definition) is 9. The van der Waals surface area contributed by atoms with Gasteiger partial charge in [-0.3, -0.25) is 0 Å². The average molecular weight is 298 g/mol. The van der Waals surface area contributed by atoms with Crippen LogP contribution in [0.15, 0.2) is 47.3 Å². The van der Waals surface area contributed by atoms with Crippen LogP contribution in [0.25, 0.3) is 0 Å². The first kappa shape index (κ1) is 15.5. The summed E-state index contributed by atoms with van der Waals surface area (Å²) in [5.74, 6) is -1.09. The highest BCUT2D eigenvalue weighted by atomic mass is 16.5. The molecule has 0 aromatic heterocycles. The zero-order chi connectivity index (χ0) is 16.0. The molecule has 21 heavy (non-hydrogen) atoms. The number of hydrogen-bond donors (Lipinski definition) is 8. The molecular weight excluding hydrogens is 280 g/mol. The van der Waals surface area contributed by atoms with Crippen LogP contribution in [-0.2, 0) is 4.74 Å². The molecule has 12 N–H and O–H groups in total. The van der Waals surface area contributed by atoms with E-state index < -0.39 is 35.1 Å². The van der Waals surface area contributed by atoms with E-state index in [-0.39, 0.29) is 11.5 Å². The summed E-state index contributed by atoms with van der Waals surface area (Å²) in [6.07, 6.45) is 1.67. The van der Waals surface area contributed by atoms with Crippen molar-refractivity contribution in [2.24, 2.45) is 22.9 Å². The average Bonchev–Trinajstić information content (AvgIpc) is 2.41. The molecule has 0 fully saturated rings. The third-order valence-electron chi connectivity index (χ3n) is 3.38. The lowest BCUT2D eigenvalue weighted by Gasteiger charge is -2.36. The van der Waals surface area contributed by atoms with E-state index >= 15 is 0 Å². The predicted octanol–water partition coefficient (Wildman–Crippen LogP) is -2.37. The smallest absolute Gasteiger partial charge is 0.156 e. The van der Waals surface area contributed by atoms with Gasteiger partial charge in [0.15, 0.2) is 11.3 Å². The molecule has 9 heteroatoms. The second-order valence-electron chi connectivity index (χ2n) is 5.02. The largest absolute Gasteiger partial charge is 0.509 e. The summed E-state index contributed by atoms with van der Waals surface area (Å²) in [4.78, 5) is 0. The minimum Gasteiger partial charge on any atom is -0.509 e. The maximum atomic E-state index is 9.99. The minimum atomic E-state index is -1.93. The van der Waals surface area contributed by atoms with Crippen LogP contribution in [0.1, 0.15) is 0 Å². The molecule has 0 spiro atoms. The monoisotopic (exact) mass is 298 g/mol. The molecule has 2 aliphatic rings. The zero-order valence-electron chi connectivity index (χ0n) is 11.0. The van der Waals surface area contributed by atoms with Crippen molar-refractivity contribution in [3.8, 4) is 0 Å². The van der Waals surface area contributed by atoms with Crippen LogP contribution in [0.3, 0.4) is 0 Å². The fraction of sp³-hybridized carbons (Fsp3) is 0.333. The molecule has 0 amide bonds. The summed E-state index contributed by atoms with van der Waals surface area (Å²) in [6.45, 7) is 0. The Bertz CT molecular complexity index is 526. The van der Waals surface area contributed by atoms with E-state index in [4.69, 9.17) is 27.7 Å². The van der Waals surface area contributed by atoms with Gasteiger partial charge in [0.1, 0.15) is 35.2 Å². The summed E-state index contributed by atoms with van der Waals surface area (Å²) < 4.78 is 5.32. The van der Waals surface area contributed by atoms with Crippen LogP contribution in [0, 0.1) is 0 Å². The van der Waals surface area contributed by atoms with E-state index in [0.29, 0.717) is 0 Å². The standard InChI is InChI=1S/C12H18N4O5/c13-11(14)7(17)3-1-5(9(11)19)21-6-2-4-8(18)12(15,16)10(6)20/h1-4,9-10,17-20H,13-16H2. The van der Waals surface area contributed by atoms with Gasteiger partial charge in [0.25, 0.3) is 0 Å². The normalized spacial score (nSPS) is 30.8. The van der Waals surface area contributed by atoms with Crippen LogP contribution in [0.2, 0.25) is 0 Å². The Kier molecular flexibility index (Phi) is 3.58. The van der Waals surface area contributed by atoms with Gasteiger partial charge < -0.3 is 48.1 Å². The minimum absolute atomic E-state index is 0.117. The van der Waals surface area contributed by atoms with Crippen LogP contribution < -0.4 is 22.9 Å². The summed E-state index contributed by atoms with van der Waals surface area (Å²) >= 11 is 0. The van der Waals surface area contributed by atoms with E-state index in [2.05, 4.69) is 0 Å². The van der Waals surface area contributed by atoms with Gasteiger partial charge in [0, 0.05) is 0 Å². The van der Waals surface area contributed by atoms with Crippen LogP contribution >= 0.6 is 0 Å². The summed E-state index contributed by atoms with van der Waals surface area (Å²) in [5.41, 5.74) is 18.5. The summed E-state index contributed by atoms with van der Waals surface area (Å²) in [5, 5.41) is 39.0. The SMILES string of the molecule is NC1(N)C(O)=CC=C(OC2=CC=C(O)C(N)(N)C2O)C1O. The van der Waals surface area contributed by atoms with E-state index in [9.17, 15) is 20.4 Å². The number of nitrogens with two attached hydrogens (primary N) is 4. The number of aliphatic hydroxyl groups excluding tert-OH is 4. The number of aliphatic hydroxyl groups is 4. The molecule has 0 aromatic rings. The first-order valence-corrected chi connectivity index (χ1v) is 6.00. The van der Waals surface area contributed by atoms with Gasteiger partial charge >= 0.3 is 0 Å². The van der Waals surface area contributed by atoms with E-state index in [1.165, 1.54) is 12.2 Å². The van der Waals surface area contributed by atoms with Crippen LogP contribution in [0.5, 0.6) is 0 Å². The Balaban J connectivity index is 2.28. The Labute approximate surface area is 120 Å². The fourth-order valence-corrected chi connectivity index (χ4v) is 1.86. The van der Waals surface area contributed by atoms with Gasteiger partial charge in [-0.1, -0.05) is 0 Å². The first-order chi connectivity index (χ1) is 9.58. The second-order valence-corrected chi connectivity index (χ2v) is 5.02. The van der Waals surface area contributed by atoms with Gasteiger partial charge in [0.05, 0.1) is 0 Å². The zero-order valence-corrected chi connectivity index (χ0v) is 11.0. The van der Waals surface area contributed by atoms with E-state index in [0.717, 1.165) is 12.2 Å². The van der Waals surface area contributed by atoms with Gasteiger partial charge in [-0.15, -0.1) is 0 Å². The molecular formula is C12H18N4O5. The summed E-state index contributed by atoms with van der Waals surface area (Å²) in [6, 6.07) is 0. The van der Waals surface area contributed by atoms with Gasteiger partial charge in [0.2, 0.25) is 0 Å². The van der Waals surface area contributed by atoms with Crippen LogP contribution in [-0.4, -0.2) is 44.0 Å². The highest BCUT2D eigenvalue weighted by molar-refractivity contribution is 5.35. The number of allylic oxidation sites excluding steroid dienone is 4. The van der Waals surface area contributed by atoms with Crippen LogP contribution in [0.4, 0.5) is 0 Å². The van der Waals surface area contributed by atoms with Gasteiger partial charge in [-0.05, 0) is 24.3 Å². The second kappa shape index (κ2) is 4.84. The quantitative estimate of drug-likeness (QED) is 0.257. The van der Waals surface area contributed by atoms with Crippen molar-refractivity contribution >= 4 is 0 Å². The Morgan fingerprint density at radius 3 is 1.43 bits per heavy atom. The molecule has 2 aliphatic carbocycles. The molecule has 0 saturated carbocycles. The number of ether oxygens (including phenoxy) is 1. The molecule has 0 heterocycles. The molecule has 116 valence electrons. The topological polar surface area (TPSA) is 194 Å². The molecule has 0 aliphatic heterocycles. The van der Waals surface area contributed by atoms with Crippen molar-refractivity contribution < 1.29 is 25.2 Å². The molecule has 0 bridgehead atoms. The third-order valence-corrected chi connectivity index (χ3v) is 3.38. The van der Waals surface area contributed by atoms with Crippen molar-refractivity contribution in [2.45, 2.75) is 23.5 Å². The van der Waals surface area contributed by atoms with E-state index in [1.807, 2.05) is 0 Å². The molecule has 2 unspecified atom stereocenters. The molecule has 0 aromatic carbocycles. The maximum Gasteiger partial charge on any atom is 0.156 e. The van der Waals surface area contributed by atoms with Crippen molar-refractivity contribution in [2.75, 3.05) is 0 Å².